The number of sulfone groups is 1. The number of carbonyl (C=O) groups is 2. The Morgan fingerprint density at radius 1 is 1.32 bits per heavy atom. The summed E-state index contributed by atoms with van der Waals surface area (Å²) in [4.78, 5) is 26.5. The number of hydroxylamine groups is 1. The Bertz CT molecular complexity index is 1190. The summed E-state index contributed by atoms with van der Waals surface area (Å²) in [6.45, 7) is 1.80. The van der Waals surface area contributed by atoms with E-state index in [-0.39, 0.29) is 29.8 Å². The highest BCUT2D eigenvalue weighted by molar-refractivity contribution is 7.93. The van der Waals surface area contributed by atoms with Gasteiger partial charge in [0.05, 0.1) is 30.8 Å². The van der Waals surface area contributed by atoms with Gasteiger partial charge in [0.1, 0.15) is 10.7 Å². The number of carboxylic acids is 1. The minimum atomic E-state index is -4.66. The smallest absolute Gasteiger partial charge is 0.341 e. The van der Waals surface area contributed by atoms with Gasteiger partial charge in [0.2, 0.25) is 20.6 Å². The normalized spacial score (nSPS) is 20.0. The van der Waals surface area contributed by atoms with Crippen LogP contribution in [0.4, 0.5) is 0 Å². The number of nitrogens with one attached hydrogen (secondary N) is 3. The third-order valence-corrected chi connectivity index (χ3v) is 7.94. The molecular formula is C20H26N6O7S. The van der Waals surface area contributed by atoms with Crippen LogP contribution in [0.15, 0.2) is 33.7 Å². The molecular weight excluding hydrogens is 468 g/mol. The number of aryl methyl sites for hydroxylation is 2. The molecule has 8 N–H and O–H groups in total. The van der Waals surface area contributed by atoms with E-state index in [1.54, 1.807) is 24.3 Å². The van der Waals surface area contributed by atoms with Crippen LogP contribution in [0, 0.1) is 19.3 Å². The van der Waals surface area contributed by atoms with Gasteiger partial charge in [-0.1, -0.05) is 29.4 Å². The lowest BCUT2D eigenvalue weighted by Crippen LogP contribution is -2.61. The van der Waals surface area contributed by atoms with Gasteiger partial charge in [0.15, 0.2) is 5.76 Å². The van der Waals surface area contributed by atoms with E-state index in [0.29, 0.717) is 12.0 Å². The third kappa shape index (κ3) is 4.79. The van der Waals surface area contributed by atoms with Crippen LogP contribution >= 0.6 is 0 Å². The lowest BCUT2D eigenvalue weighted by atomic mass is 9.99. The molecule has 3 atom stereocenters. The maximum atomic E-state index is 13.0. The molecule has 0 radical (unpaired) electrons. The van der Waals surface area contributed by atoms with Crippen LogP contribution in [0.25, 0.3) is 0 Å². The highest BCUT2D eigenvalue weighted by Crippen LogP contribution is 2.29. The number of rotatable bonds is 9. The molecule has 3 rings (SSSR count). The van der Waals surface area contributed by atoms with Crippen molar-refractivity contribution in [3.63, 3.8) is 0 Å². The van der Waals surface area contributed by atoms with Crippen molar-refractivity contribution in [1.29, 1.82) is 5.41 Å². The van der Waals surface area contributed by atoms with Crippen molar-refractivity contribution in [3.8, 4) is 0 Å². The highest BCUT2D eigenvalue weighted by atomic mass is 32.2. The molecule has 1 aliphatic heterocycles. The fourth-order valence-electron chi connectivity index (χ4n) is 3.60. The molecule has 1 saturated heterocycles. The number of nitrogens with two attached hydrogens (primary N) is 2. The molecule has 0 spiro atoms. The number of hydrogen-bond acceptors (Lipinski definition) is 10. The summed E-state index contributed by atoms with van der Waals surface area (Å²) in [5.74, 6) is -2.62. The number of aromatic nitrogens is 1. The van der Waals surface area contributed by atoms with Crippen molar-refractivity contribution in [1.82, 2.24) is 16.0 Å². The Balaban J connectivity index is 1.63. The Morgan fingerprint density at radius 2 is 1.97 bits per heavy atom. The Morgan fingerprint density at radius 3 is 2.50 bits per heavy atom. The lowest BCUT2D eigenvalue weighted by Gasteiger charge is -2.25. The van der Waals surface area contributed by atoms with Gasteiger partial charge >= 0.3 is 5.97 Å². The van der Waals surface area contributed by atoms with Gasteiger partial charge in [0.25, 0.3) is 0 Å². The van der Waals surface area contributed by atoms with E-state index in [1.165, 1.54) is 13.8 Å². The molecule has 0 bridgehead atoms. The molecule has 1 aliphatic rings. The van der Waals surface area contributed by atoms with E-state index < -0.39 is 44.1 Å². The topological polar surface area (TPSA) is 224 Å². The average Bonchev–Trinajstić information content (AvgIpc) is 3.37. The molecule has 1 fully saturated rings. The van der Waals surface area contributed by atoms with Crippen LogP contribution in [-0.2, 0) is 24.3 Å². The van der Waals surface area contributed by atoms with Gasteiger partial charge in [-0.25, -0.2) is 13.2 Å². The van der Waals surface area contributed by atoms with E-state index in [2.05, 4.69) is 16.0 Å². The van der Waals surface area contributed by atoms with Gasteiger partial charge in [-0.2, -0.15) is 5.48 Å². The number of amides is 1. The van der Waals surface area contributed by atoms with E-state index in [1.807, 2.05) is 0 Å². The molecule has 0 saturated carbocycles. The van der Waals surface area contributed by atoms with Gasteiger partial charge in [-0.3, -0.25) is 15.0 Å². The van der Waals surface area contributed by atoms with Crippen LogP contribution in [0.3, 0.4) is 0 Å². The quantitative estimate of drug-likeness (QED) is 0.195. The molecule has 13 nitrogen and oxygen atoms in total. The van der Waals surface area contributed by atoms with Crippen molar-refractivity contribution in [2.75, 3.05) is 6.54 Å². The zero-order chi connectivity index (χ0) is 25.3. The average molecular weight is 495 g/mol. The number of nitrogen functional groups attached to an aromatic ring is 1. The molecule has 0 aliphatic carbocycles. The first kappa shape index (κ1) is 25.3. The van der Waals surface area contributed by atoms with E-state index >= 15 is 0 Å². The highest BCUT2D eigenvalue weighted by Gasteiger charge is 2.51. The fraction of sp³-hybridized carbons (Fsp3) is 0.400. The summed E-state index contributed by atoms with van der Waals surface area (Å²) in [6.07, 6.45) is -0.277. The monoisotopic (exact) mass is 494 g/mol. The van der Waals surface area contributed by atoms with Crippen LogP contribution in [0.2, 0.25) is 0 Å². The van der Waals surface area contributed by atoms with E-state index in [0.717, 1.165) is 5.56 Å². The largest absolute Gasteiger partial charge is 0.479 e. The predicted octanol–water partition coefficient (Wildman–Crippen LogP) is -0.370. The first-order valence-corrected chi connectivity index (χ1v) is 11.7. The van der Waals surface area contributed by atoms with E-state index in [9.17, 15) is 23.1 Å². The van der Waals surface area contributed by atoms with Gasteiger partial charge in [-0.15, -0.1) is 0 Å². The Labute approximate surface area is 195 Å². The molecule has 1 aromatic carbocycles. The molecule has 1 unspecified atom stereocenters. The van der Waals surface area contributed by atoms with Crippen molar-refractivity contribution in [2.45, 2.75) is 48.6 Å². The fourth-order valence-corrected chi connectivity index (χ4v) is 5.29. The minimum absolute atomic E-state index is 0.0345. The Hall–Kier alpha value is -3.33. The van der Waals surface area contributed by atoms with Crippen LogP contribution in [0.5, 0.6) is 0 Å². The molecule has 1 amide bonds. The molecule has 14 heteroatoms. The van der Waals surface area contributed by atoms with Crippen molar-refractivity contribution < 1.29 is 32.5 Å². The second-order valence-electron chi connectivity index (χ2n) is 8.01. The molecule has 2 heterocycles. The second-order valence-corrected chi connectivity index (χ2v) is 10.2. The SMILES string of the molecule is Cc1noc(C)c1S(=O)(=O)[C@@](N)(CNC(=O)C[C@H]1CC(c2ccc(C(=N)N)cc2)NO1)C(=O)O. The zero-order valence-electron chi connectivity index (χ0n) is 18.5. The van der Waals surface area contributed by atoms with Crippen LogP contribution in [0.1, 0.15) is 41.5 Å². The summed E-state index contributed by atoms with van der Waals surface area (Å²) in [6, 6.07) is 6.76. The number of carbonyl (C=O) groups excluding carboxylic acids is 1. The van der Waals surface area contributed by atoms with Gasteiger partial charge in [0, 0.05) is 5.56 Å². The van der Waals surface area contributed by atoms with Crippen LogP contribution < -0.4 is 22.3 Å². The summed E-state index contributed by atoms with van der Waals surface area (Å²) >= 11 is 0. The van der Waals surface area contributed by atoms with Gasteiger partial charge in [-0.05, 0) is 25.8 Å². The molecule has 34 heavy (non-hydrogen) atoms. The maximum absolute atomic E-state index is 13.0. The third-order valence-electron chi connectivity index (χ3n) is 5.54. The number of nitrogens with zero attached hydrogens (tertiary/aromatic N) is 1. The summed E-state index contributed by atoms with van der Waals surface area (Å²) in [5, 5.41) is 22.9. The van der Waals surface area contributed by atoms with Crippen molar-refractivity contribution in [2.24, 2.45) is 11.5 Å². The summed E-state index contributed by atoms with van der Waals surface area (Å²) in [7, 11) is -4.66. The Kier molecular flexibility index (Phi) is 7.07. The molecule has 2 aromatic rings. The minimum Gasteiger partial charge on any atom is -0.479 e. The predicted molar refractivity (Wildman–Crippen MR) is 118 cm³/mol. The van der Waals surface area contributed by atoms with Crippen molar-refractivity contribution in [3.05, 3.63) is 46.8 Å². The summed E-state index contributed by atoms with van der Waals surface area (Å²) in [5.41, 5.74) is 15.5. The number of amidine groups is 1. The summed E-state index contributed by atoms with van der Waals surface area (Å²) < 4.78 is 30.8. The number of benzene rings is 1. The number of aliphatic carboxylic acids is 1. The zero-order valence-corrected chi connectivity index (χ0v) is 19.3. The van der Waals surface area contributed by atoms with Crippen LogP contribution in [-0.4, -0.2) is 53.9 Å². The van der Waals surface area contributed by atoms with E-state index in [4.69, 9.17) is 26.2 Å². The molecule has 1 aromatic heterocycles. The first-order chi connectivity index (χ1) is 15.9. The standard InChI is InChI=1S/C20H26N6O7S/c1-10-17(11(2)32-25-10)34(30,31)20(23,19(28)29)9-24-16(27)8-14-7-15(26-33-14)12-3-5-13(6-4-12)18(21)22/h3-6,14-15,26H,7-9,23H2,1-2H3,(H3,21,22)(H,24,27)(H,28,29)/t14-,15?,20+/m1/s1. The second kappa shape index (κ2) is 9.50. The first-order valence-electron chi connectivity index (χ1n) is 10.2. The van der Waals surface area contributed by atoms with Gasteiger partial charge < -0.3 is 26.4 Å². The van der Waals surface area contributed by atoms with Crippen molar-refractivity contribution >= 4 is 27.5 Å². The maximum Gasteiger partial charge on any atom is 0.341 e. The molecule has 184 valence electrons. The lowest BCUT2D eigenvalue weighted by molar-refractivity contribution is -0.140. The number of carboxylic acid groups (broad SMARTS) is 1. The number of hydrogen-bond donors (Lipinski definition) is 6.